The summed E-state index contributed by atoms with van der Waals surface area (Å²) in [7, 11) is 0. The summed E-state index contributed by atoms with van der Waals surface area (Å²) in [4.78, 5) is 37.0. The van der Waals surface area contributed by atoms with Crippen LogP contribution in [-0.2, 0) is 20.8 Å². The topological polar surface area (TPSA) is 96.5 Å². The minimum absolute atomic E-state index is 0.101. The predicted octanol–water partition coefficient (Wildman–Crippen LogP) is 2.73. The van der Waals surface area contributed by atoms with Crippen LogP contribution in [0.2, 0.25) is 0 Å². The highest BCUT2D eigenvalue weighted by Gasteiger charge is 2.26. The first-order valence-electron chi connectivity index (χ1n) is 9.59. The van der Waals surface area contributed by atoms with Gasteiger partial charge in [-0.05, 0) is 36.6 Å². The molecule has 0 aliphatic carbocycles. The minimum atomic E-state index is -0.687. The Bertz CT molecular complexity index is 912. The molecule has 2 aromatic carbocycles. The second kappa shape index (κ2) is 8.77. The number of anilines is 2. The van der Waals surface area contributed by atoms with Gasteiger partial charge in [0.15, 0.2) is 6.10 Å². The lowest BCUT2D eigenvalue weighted by atomic mass is 10.0. The fourth-order valence-electron chi connectivity index (χ4n) is 3.05. The van der Waals surface area contributed by atoms with Gasteiger partial charge in [-0.25, -0.2) is 0 Å². The molecule has 0 bridgehead atoms. The van der Waals surface area contributed by atoms with E-state index in [1.165, 1.54) is 0 Å². The van der Waals surface area contributed by atoms with Gasteiger partial charge in [0, 0.05) is 5.69 Å². The molecule has 7 nitrogen and oxygen atoms in total. The zero-order valence-corrected chi connectivity index (χ0v) is 16.7. The summed E-state index contributed by atoms with van der Waals surface area (Å²) < 4.78 is 5.52. The van der Waals surface area contributed by atoms with Crippen molar-refractivity contribution in [2.75, 3.05) is 10.6 Å². The Balaban J connectivity index is 1.66. The number of benzene rings is 2. The second-order valence-corrected chi connectivity index (χ2v) is 7.40. The standard InChI is InChI=1S/C22H25N3O4/c1-13(2)20(25-19(26)11-15-7-5-4-6-8-15)22(28)23-16-9-10-18-17(12-16)24-21(27)14(3)29-18/h4-10,12-14,20H,11H2,1-3H3,(H,23,28)(H,24,27)(H,25,26)/t14-,20-/m0/s1. The van der Waals surface area contributed by atoms with Crippen molar-refractivity contribution >= 4 is 29.1 Å². The van der Waals surface area contributed by atoms with Gasteiger partial charge in [0.1, 0.15) is 11.8 Å². The number of ether oxygens (including phenoxy) is 1. The van der Waals surface area contributed by atoms with E-state index >= 15 is 0 Å². The smallest absolute Gasteiger partial charge is 0.265 e. The van der Waals surface area contributed by atoms with Gasteiger partial charge in [-0.3, -0.25) is 14.4 Å². The Labute approximate surface area is 169 Å². The van der Waals surface area contributed by atoms with Crippen molar-refractivity contribution in [3.05, 3.63) is 54.1 Å². The number of carbonyl (C=O) groups excluding carboxylic acids is 3. The second-order valence-electron chi connectivity index (χ2n) is 7.40. The molecule has 2 aromatic rings. The van der Waals surface area contributed by atoms with E-state index in [1.54, 1.807) is 25.1 Å². The molecule has 1 aliphatic rings. The third kappa shape index (κ3) is 5.13. The normalized spacial score (nSPS) is 16.3. The van der Waals surface area contributed by atoms with E-state index in [2.05, 4.69) is 16.0 Å². The zero-order chi connectivity index (χ0) is 21.0. The van der Waals surface area contributed by atoms with Gasteiger partial charge in [-0.15, -0.1) is 0 Å². The van der Waals surface area contributed by atoms with Crippen molar-refractivity contribution in [3.63, 3.8) is 0 Å². The Hall–Kier alpha value is -3.35. The first-order valence-corrected chi connectivity index (χ1v) is 9.59. The molecule has 0 radical (unpaired) electrons. The number of amides is 3. The highest BCUT2D eigenvalue weighted by molar-refractivity contribution is 6.00. The maximum Gasteiger partial charge on any atom is 0.265 e. The predicted molar refractivity (Wildman–Crippen MR) is 111 cm³/mol. The Morgan fingerprint density at radius 1 is 1.14 bits per heavy atom. The fourth-order valence-corrected chi connectivity index (χ4v) is 3.05. The van der Waals surface area contributed by atoms with Gasteiger partial charge >= 0.3 is 0 Å². The van der Waals surface area contributed by atoms with Crippen LogP contribution in [-0.4, -0.2) is 29.9 Å². The lowest BCUT2D eigenvalue weighted by Gasteiger charge is -2.25. The molecular formula is C22H25N3O4. The van der Waals surface area contributed by atoms with Gasteiger partial charge in [-0.1, -0.05) is 44.2 Å². The van der Waals surface area contributed by atoms with Crippen molar-refractivity contribution in [1.29, 1.82) is 0 Å². The van der Waals surface area contributed by atoms with Crippen LogP contribution in [0.3, 0.4) is 0 Å². The van der Waals surface area contributed by atoms with E-state index < -0.39 is 12.1 Å². The van der Waals surface area contributed by atoms with Gasteiger partial charge in [0.05, 0.1) is 12.1 Å². The average molecular weight is 395 g/mol. The molecule has 152 valence electrons. The molecule has 3 amide bonds. The Morgan fingerprint density at radius 3 is 2.55 bits per heavy atom. The third-order valence-corrected chi connectivity index (χ3v) is 4.65. The summed E-state index contributed by atoms with van der Waals surface area (Å²) in [5.41, 5.74) is 1.89. The molecule has 3 rings (SSSR count). The highest BCUT2D eigenvalue weighted by Crippen LogP contribution is 2.32. The maximum absolute atomic E-state index is 12.8. The van der Waals surface area contributed by atoms with Crippen molar-refractivity contribution in [2.45, 2.75) is 39.3 Å². The van der Waals surface area contributed by atoms with Crippen molar-refractivity contribution in [1.82, 2.24) is 5.32 Å². The van der Waals surface area contributed by atoms with E-state index in [0.717, 1.165) is 5.56 Å². The molecule has 0 unspecified atom stereocenters. The van der Waals surface area contributed by atoms with E-state index in [9.17, 15) is 14.4 Å². The van der Waals surface area contributed by atoms with Crippen molar-refractivity contribution in [3.8, 4) is 5.75 Å². The quantitative estimate of drug-likeness (QED) is 0.701. The SMILES string of the molecule is CC(C)[C@H](NC(=O)Cc1ccccc1)C(=O)Nc1ccc2c(c1)NC(=O)[C@H](C)O2. The largest absolute Gasteiger partial charge is 0.479 e. The van der Waals surface area contributed by atoms with E-state index in [0.29, 0.717) is 17.1 Å². The van der Waals surface area contributed by atoms with Crippen LogP contribution in [0.25, 0.3) is 0 Å². The Morgan fingerprint density at radius 2 is 1.86 bits per heavy atom. The molecule has 2 atom stereocenters. The van der Waals surface area contributed by atoms with Crippen LogP contribution in [0.4, 0.5) is 11.4 Å². The molecule has 3 N–H and O–H groups in total. The van der Waals surface area contributed by atoms with E-state index in [1.807, 2.05) is 44.2 Å². The summed E-state index contributed by atoms with van der Waals surface area (Å²) in [6.07, 6.45) is -0.356. The number of hydrogen-bond acceptors (Lipinski definition) is 4. The average Bonchev–Trinajstić information content (AvgIpc) is 2.67. The number of hydrogen-bond donors (Lipinski definition) is 3. The van der Waals surface area contributed by atoms with Gasteiger partial charge < -0.3 is 20.7 Å². The zero-order valence-electron chi connectivity index (χ0n) is 16.7. The van der Waals surface area contributed by atoms with Crippen molar-refractivity contribution < 1.29 is 19.1 Å². The van der Waals surface area contributed by atoms with Crippen LogP contribution in [0.15, 0.2) is 48.5 Å². The lowest BCUT2D eigenvalue weighted by molar-refractivity contribution is -0.127. The molecule has 1 heterocycles. The first kappa shape index (κ1) is 20.4. The highest BCUT2D eigenvalue weighted by atomic mass is 16.5. The summed E-state index contributed by atoms with van der Waals surface area (Å²) >= 11 is 0. The minimum Gasteiger partial charge on any atom is -0.479 e. The van der Waals surface area contributed by atoms with Crippen LogP contribution in [0, 0.1) is 5.92 Å². The lowest BCUT2D eigenvalue weighted by Crippen LogP contribution is -2.47. The number of fused-ring (bicyclic) bond motifs is 1. The molecule has 7 heteroatoms. The van der Waals surface area contributed by atoms with Crippen LogP contribution >= 0.6 is 0 Å². The molecule has 29 heavy (non-hydrogen) atoms. The number of nitrogens with one attached hydrogen (secondary N) is 3. The molecule has 0 fully saturated rings. The van der Waals surface area contributed by atoms with E-state index in [-0.39, 0.29) is 30.1 Å². The van der Waals surface area contributed by atoms with Crippen LogP contribution < -0.4 is 20.7 Å². The molecule has 0 aromatic heterocycles. The molecule has 0 saturated carbocycles. The van der Waals surface area contributed by atoms with Gasteiger partial charge in [0.25, 0.3) is 5.91 Å². The van der Waals surface area contributed by atoms with E-state index in [4.69, 9.17) is 4.74 Å². The first-order chi connectivity index (χ1) is 13.8. The maximum atomic E-state index is 12.8. The van der Waals surface area contributed by atoms with Crippen LogP contribution in [0.5, 0.6) is 5.75 Å². The fraction of sp³-hybridized carbons (Fsp3) is 0.318. The third-order valence-electron chi connectivity index (χ3n) is 4.65. The number of carbonyl (C=O) groups is 3. The summed E-state index contributed by atoms with van der Waals surface area (Å²) in [6.45, 7) is 5.41. The Kier molecular flexibility index (Phi) is 6.16. The summed E-state index contributed by atoms with van der Waals surface area (Å²) in [5, 5.41) is 8.37. The molecule has 0 spiro atoms. The molecule has 1 aliphatic heterocycles. The van der Waals surface area contributed by atoms with Gasteiger partial charge in [0.2, 0.25) is 11.8 Å². The summed E-state index contributed by atoms with van der Waals surface area (Å²) in [6, 6.07) is 13.7. The van der Waals surface area contributed by atoms with Gasteiger partial charge in [-0.2, -0.15) is 0 Å². The number of rotatable bonds is 6. The van der Waals surface area contributed by atoms with Crippen LogP contribution in [0.1, 0.15) is 26.3 Å². The molecular weight excluding hydrogens is 370 g/mol. The van der Waals surface area contributed by atoms with Crippen molar-refractivity contribution in [2.24, 2.45) is 5.92 Å². The molecule has 0 saturated heterocycles. The monoisotopic (exact) mass is 395 g/mol. The summed E-state index contributed by atoms with van der Waals surface area (Å²) in [5.74, 6) is -0.333.